The van der Waals surface area contributed by atoms with E-state index in [1.54, 1.807) is 6.07 Å². The molecule has 0 aliphatic heterocycles. The number of hydrogen-bond donors (Lipinski definition) is 2. The Hall–Kier alpha value is -2.96. The van der Waals surface area contributed by atoms with Crippen LogP contribution in [0.15, 0.2) is 72.1 Å². The summed E-state index contributed by atoms with van der Waals surface area (Å²) < 4.78 is 0. The highest BCUT2D eigenvalue weighted by Crippen LogP contribution is 2.18. The van der Waals surface area contributed by atoms with Crippen LogP contribution in [-0.4, -0.2) is 43.4 Å². The standard InChI is InChI=1S/C26H31N3O2S/c1-4-19-12-14-21(15-13-19)23(29(2)3)18-27-25(30)22(17-20-9-6-5-7-10-20)28-26(31)24-11-8-16-32-24/h5-16,22-23H,4,17-18H2,1-3H3,(H,27,30)(H,28,31)/t22-,23-/m0/s1. The van der Waals surface area contributed by atoms with Crippen LogP contribution in [0.5, 0.6) is 0 Å². The van der Waals surface area contributed by atoms with Gasteiger partial charge in [-0.15, -0.1) is 11.3 Å². The third-order valence-corrected chi connectivity index (χ3v) is 6.38. The molecule has 32 heavy (non-hydrogen) atoms. The molecule has 3 rings (SSSR count). The number of likely N-dealkylation sites (N-methyl/N-ethyl adjacent to an activating group) is 1. The number of benzene rings is 2. The van der Waals surface area contributed by atoms with Crippen molar-refractivity contribution in [1.82, 2.24) is 15.5 Å². The Labute approximate surface area is 194 Å². The van der Waals surface area contributed by atoms with E-state index in [1.807, 2.05) is 55.9 Å². The molecule has 3 aromatic rings. The molecule has 0 aliphatic rings. The monoisotopic (exact) mass is 449 g/mol. The maximum Gasteiger partial charge on any atom is 0.262 e. The van der Waals surface area contributed by atoms with Gasteiger partial charge >= 0.3 is 0 Å². The maximum atomic E-state index is 13.2. The molecular weight excluding hydrogens is 418 g/mol. The van der Waals surface area contributed by atoms with Gasteiger partial charge in [0.1, 0.15) is 6.04 Å². The Kier molecular flexibility index (Phi) is 8.59. The number of hydrogen-bond acceptors (Lipinski definition) is 4. The molecule has 0 saturated heterocycles. The van der Waals surface area contributed by atoms with Crippen LogP contribution < -0.4 is 10.6 Å². The minimum atomic E-state index is -0.655. The summed E-state index contributed by atoms with van der Waals surface area (Å²) in [5.41, 5.74) is 3.43. The molecule has 2 aromatic carbocycles. The summed E-state index contributed by atoms with van der Waals surface area (Å²) in [6, 6.07) is 21.2. The second kappa shape index (κ2) is 11.6. The molecule has 1 heterocycles. The van der Waals surface area contributed by atoms with Gasteiger partial charge in [-0.05, 0) is 48.7 Å². The van der Waals surface area contributed by atoms with Crippen molar-refractivity contribution in [1.29, 1.82) is 0 Å². The van der Waals surface area contributed by atoms with Crippen LogP contribution in [-0.2, 0) is 17.6 Å². The van der Waals surface area contributed by atoms with Crippen molar-refractivity contribution in [2.24, 2.45) is 0 Å². The van der Waals surface area contributed by atoms with E-state index in [9.17, 15) is 9.59 Å². The molecule has 2 amide bonds. The summed E-state index contributed by atoms with van der Waals surface area (Å²) in [7, 11) is 4.01. The number of nitrogens with zero attached hydrogens (tertiary/aromatic N) is 1. The Morgan fingerprint density at radius 2 is 1.66 bits per heavy atom. The molecule has 1 aromatic heterocycles. The topological polar surface area (TPSA) is 61.4 Å². The predicted molar refractivity (Wildman–Crippen MR) is 131 cm³/mol. The zero-order chi connectivity index (χ0) is 22.9. The van der Waals surface area contributed by atoms with Crippen molar-refractivity contribution in [3.8, 4) is 0 Å². The number of carbonyl (C=O) groups excluding carboxylic acids is 2. The highest BCUT2D eigenvalue weighted by atomic mass is 32.1. The molecule has 0 aliphatic carbocycles. The van der Waals surface area contributed by atoms with Crippen molar-refractivity contribution in [3.63, 3.8) is 0 Å². The average molecular weight is 450 g/mol. The largest absolute Gasteiger partial charge is 0.352 e. The summed E-state index contributed by atoms with van der Waals surface area (Å²) in [6.07, 6.45) is 1.43. The van der Waals surface area contributed by atoms with E-state index < -0.39 is 6.04 Å². The SMILES string of the molecule is CCc1ccc([C@H](CNC(=O)[C@H](Cc2ccccc2)NC(=O)c2cccs2)N(C)C)cc1. The van der Waals surface area contributed by atoms with Gasteiger partial charge in [-0.2, -0.15) is 0 Å². The Balaban J connectivity index is 1.71. The average Bonchev–Trinajstić information content (AvgIpc) is 3.35. The Morgan fingerprint density at radius 3 is 2.25 bits per heavy atom. The van der Waals surface area contributed by atoms with Crippen LogP contribution in [0.25, 0.3) is 0 Å². The third kappa shape index (κ3) is 6.52. The first-order valence-corrected chi connectivity index (χ1v) is 11.8. The van der Waals surface area contributed by atoms with E-state index in [4.69, 9.17) is 0 Å². The van der Waals surface area contributed by atoms with E-state index in [1.165, 1.54) is 16.9 Å². The lowest BCUT2D eigenvalue weighted by Crippen LogP contribution is -2.49. The smallest absolute Gasteiger partial charge is 0.262 e. The van der Waals surface area contributed by atoms with Gasteiger partial charge in [0, 0.05) is 13.0 Å². The van der Waals surface area contributed by atoms with Crippen LogP contribution in [0.3, 0.4) is 0 Å². The van der Waals surface area contributed by atoms with E-state index in [-0.39, 0.29) is 17.9 Å². The molecule has 0 fully saturated rings. The first-order valence-electron chi connectivity index (χ1n) is 10.9. The van der Waals surface area contributed by atoms with Gasteiger partial charge in [0.15, 0.2) is 0 Å². The molecule has 6 heteroatoms. The molecule has 0 saturated carbocycles. The van der Waals surface area contributed by atoms with Gasteiger partial charge in [0.2, 0.25) is 5.91 Å². The van der Waals surface area contributed by atoms with E-state index in [0.717, 1.165) is 17.5 Å². The molecule has 168 valence electrons. The highest BCUT2D eigenvalue weighted by molar-refractivity contribution is 7.12. The first kappa shape index (κ1) is 23.7. The normalized spacial score (nSPS) is 12.9. The maximum absolute atomic E-state index is 13.2. The summed E-state index contributed by atoms with van der Waals surface area (Å²) in [5.74, 6) is -0.411. The Morgan fingerprint density at radius 1 is 0.938 bits per heavy atom. The van der Waals surface area contributed by atoms with Gasteiger partial charge < -0.3 is 15.5 Å². The van der Waals surface area contributed by atoms with Gasteiger partial charge in [0.25, 0.3) is 5.91 Å². The van der Waals surface area contributed by atoms with E-state index >= 15 is 0 Å². The van der Waals surface area contributed by atoms with E-state index in [0.29, 0.717) is 17.8 Å². The van der Waals surface area contributed by atoms with Crippen LogP contribution in [0.4, 0.5) is 0 Å². The minimum Gasteiger partial charge on any atom is -0.352 e. The summed E-state index contributed by atoms with van der Waals surface area (Å²) in [5, 5.41) is 7.85. The van der Waals surface area contributed by atoms with Crippen molar-refractivity contribution < 1.29 is 9.59 Å². The van der Waals surface area contributed by atoms with Crippen molar-refractivity contribution in [3.05, 3.63) is 93.7 Å². The van der Waals surface area contributed by atoms with Crippen LogP contribution in [0.1, 0.15) is 39.3 Å². The van der Waals surface area contributed by atoms with E-state index in [2.05, 4.69) is 46.7 Å². The fourth-order valence-electron chi connectivity index (χ4n) is 3.59. The van der Waals surface area contributed by atoms with Crippen molar-refractivity contribution >= 4 is 23.2 Å². The third-order valence-electron chi connectivity index (χ3n) is 5.52. The second-order valence-electron chi connectivity index (χ2n) is 8.01. The van der Waals surface area contributed by atoms with Gasteiger partial charge in [0.05, 0.1) is 10.9 Å². The number of rotatable bonds is 10. The second-order valence-corrected chi connectivity index (χ2v) is 8.96. The van der Waals surface area contributed by atoms with Gasteiger partial charge in [-0.25, -0.2) is 0 Å². The zero-order valence-corrected chi connectivity index (χ0v) is 19.7. The molecule has 0 unspecified atom stereocenters. The molecule has 5 nitrogen and oxygen atoms in total. The predicted octanol–water partition coefficient (Wildman–Crippen LogP) is 4.07. The lowest BCUT2D eigenvalue weighted by Gasteiger charge is -2.27. The molecule has 2 N–H and O–H groups in total. The molecule has 0 spiro atoms. The molecular formula is C26H31N3O2S. The quantitative estimate of drug-likeness (QED) is 0.491. The lowest BCUT2D eigenvalue weighted by molar-refractivity contribution is -0.123. The molecule has 0 radical (unpaired) electrons. The lowest BCUT2D eigenvalue weighted by atomic mass is 10.0. The number of nitrogens with one attached hydrogen (secondary N) is 2. The van der Waals surface area contributed by atoms with Crippen LogP contribution in [0, 0.1) is 0 Å². The number of aryl methyl sites for hydroxylation is 1. The summed E-state index contributed by atoms with van der Waals surface area (Å²) in [6.45, 7) is 2.59. The number of thiophene rings is 1. The van der Waals surface area contributed by atoms with Crippen LogP contribution >= 0.6 is 11.3 Å². The minimum absolute atomic E-state index is 0.0372. The van der Waals surface area contributed by atoms with Gasteiger partial charge in [-0.1, -0.05) is 67.6 Å². The van der Waals surface area contributed by atoms with Gasteiger partial charge in [-0.3, -0.25) is 9.59 Å². The Bertz CT molecular complexity index is 986. The number of carbonyl (C=O) groups is 2. The molecule has 2 atom stereocenters. The zero-order valence-electron chi connectivity index (χ0n) is 18.9. The van der Waals surface area contributed by atoms with Crippen LogP contribution in [0.2, 0.25) is 0 Å². The fourth-order valence-corrected chi connectivity index (χ4v) is 4.22. The molecule has 0 bridgehead atoms. The first-order chi connectivity index (χ1) is 15.5. The fraction of sp³-hybridized carbons (Fsp3) is 0.308. The van der Waals surface area contributed by atoms with Crippen molar-refractivity contribution in [2.75, 3.05) is 20.6 Å². The highest BCUT2D eigenvalue weighted by Gasteiger charge is 2.24. The summed E-state index contributed by atoms with van der Waals surface area (Å²) >= 11 is 1.36. The number of amides is 2. The van der Waals surface area contributed by atoms with Crippen molar-refractivity contribution in [2.45, 2.75) is 31.8 Å². The summed E-state index contributed by atoms with van der Waals surface area (Å²) in [4.78, 5) is 28.5.